The highest BCUT2D eigenvalue weighted by atomic mass is 32.1. The van der Waals surface area contributed by atoms with E-state index in [1.807, 2.05) is 0 Å². The molecule has 18 nitrogen and oxygen atoms in total. The van der Waals surface area contributed by atoms with Gasteiger partial charge in [-0.1, -0.05) is 153 Å². The monoisotopic (exact) mass is 1410 g/mol. The molecule has 1 amide bonds. The Morgan fingerprint density at radius 2 is 1.11 bits per heavy atom. The zero-order chi connectivity index (χ0) is 71.9. The van der Waals surface area contributed by atoms with Crippen molar-refractivity contribution < 1.29 is 75.3 Å². The molecular formula is C76H114F2N3O15PS. The highest BCUT2D eigenvalue weighted by Crippen LogP contribution is 2.42. The number of hydrogen-bond acceptors (Lipinski definition) is 15. The molecule has 2 aromatic carbocycles. The number of ketones is 1. The van der Waals surface area contributed by atoms with E-state index in [4.69, 9.17) is 45.0 Å². The van der Waals surface area contributed by atoms with Crippen molar-refractivity contribution >= 4 is 71.4 Å². The number of phenolic OH excluding ortho intramolecular Hbond substituents is 1. The fraction of sp³-hybridized carbons (Fsp3) is 0.618. The molecule has 548 valence electrons. The number of esters is 2. The number of carbonyl (C=O) groups is 4. The normalized spacial score (nSPS) is 12.1. The molecule has 1 aliphatic carbocycles. The molecule has 0 fully saturated rings. The average Bonchev–Trinajstić information content (AvgIpc) is 0.751. The molecule has 5 N–H and O–H groups in total. The molecule has 4 rings (SSSR count). The van der Waals surface area contributed by atoms with Crippen LogP contribution in [-0.4, -0.2) is 97.7 Å². The summed E-state index contributed by atoms with van der Waals surface area (Å²) in [5, 5.41) is 19.8. The molecule has 0 spiro atoms. The van der Waals surface area contributed by atoms with E-state index in [1.54, 1.807) is 31.4 Å². The second-order valence-corrected chi connectivity index (χ2v) is 27.2. The van der Waals surface area contributed by atoms with Gasteiger partial charge in [0, 0.05) is 99.9 Å². The minimum absolute atomic E-state index is 0.00483. The third-order valence-corrected chi connectivity index (χ3v) is 17.0. The Hall–Kier alpha value is -6.47. The summed E-state index contributed by atoms with van der Waals surface area (Å²) in [5.41, 5.74) is 1.34. The van der Waals surface area contributed by atoms with Crippen LogP contribution in [0.1, 0.15) is 251 Å². The summed E-state index contributed by atoms with van der Waals surface area (Å²) in [6.07, 6.45) is 46.2. The molecule has 0 aromatic heterocycles. The van der Waals surface area contributed by atoms with Crippen LogP contribution in [0, 0.1) is 11.6 Å². The van der Waals surface area contributed by atoms with Crippen molar-refractivity contribution in [3.05, 3.63) is 94.7 Å². The fourth-order valence-corrected chi connectivity index (χ4v) is 11.4. The number of phenols is 1. The summed E-state index contributed by atoms with van der Waals surface area (Å²) in [7, 11) is -2.13. The van der Waals surface area contributed by atoms with Crippen molar-refractivity contribution in [2.45, 2.75) is 258 Å². The van der Waals surface area contributed by atoms with Gasteiger partial charge in [0.2, 0.25) is 11.3 Å². The van der Waals surface area contributed by atoms with Crippen LogP contribution in [0.2, 0.25) is 0 Å². The first-order valence-corrected chi connectivity index (χ1v) is 38.4. The van der Waals surface area contributed by atoms with E-state index in [-0.39, 0.29) is 60.4 Å². The Morgan fingerprint density at radius 1 is 0.622 bits per heavy atom. The van der Waals surface area contributed by atoms with Gasteiger partial charge in [-0.25, -0.2) is 8.78 Å². The minimum atomic E-state index is -3.75. The van der Waals surface area contributed by atoms with Gasteiger partial charge in [0.25, 0.3) is 0 Å². The van der Waals surface area contributed by atoms with Gasteiger partial charge in [0.15, 0.2) is 28.6 Å². The Labute approximate surface area is 586 Å². The number of nitrogens with one attached hydrogen (secondary N) is 3. The maximum absolute atomic E-state index is 14.3. The van der Waals surface area contributed by atoms with Crippen LogP contribution in [0.5, 0.6) is 5.75 Å². The molecule has 2 aromatic rings. The molecule has 1 aliphatic heterocycles. The van der Waals surface area contributed by atoms with E-state index >= 15 is 0 Å². The first-order chi connectivity index (χ1) is 47.3. The maximum Gasteiger partial charge on any atom is 0.373 e. The van der Waals surface area contributed by atoms with Crippen LogP contribution in [0.3, 0.4) is 0 Å². The average molecular weight is 1410 g/mol. The number of methoxy groups -OCH3 is 1. The predicted octanol–water partition coefficient (Wildman–Crippen LogP) is 18.4. The third-order valence-electron chi connectivity index (χ3n) is 16.2. The molecule has 0 radical (unpaired) electrons. The lowest BCUT2D eigenvalue weighted by Gasteiger charge is -2.19. The summed E-state index contributed by atoms with van der Waals surface area (Å²) in [6, 6.07) is 11.4. The van der Waals surface area contributed by atoms with Crippen LogP contribution < -0.4 is 21.4 Å². The standard InChI is InChI=1S/C40H75O7P.C35H39F2N3O6S.CO2/c1-4-6-8-10-12-14-16-18-20-22-24-26-28-30-32-34-39(41)45-36-38(37-46-48(3,43)44)47-40(42)35-33-31-29-27-25-23-21-19-17-15-13-11-9-7-5-2;1-45-17-7-9-24(41)8-3-4-10-33(44)38-15-5-2-6-16-39-35(47)40-23-13-11-22(12-14-23)34-25-18-27(36)29(42)20-31(25)46-32-21-30(43)28(37)19-26(32)34;2-1-3/h18-21,38H,4-17,22-37H2,1-3H3,(H,43,44);11-14,18-21,42H,2-10,15-17H2,1H3,(H,38,44)(H2,39,40,47);/b20-18-,21-19-;;. The number of carbonyl (C=O) groups excluding carboxylic acids is 6. The Balaban J connectivity index is 0.000000641. The predicted molar refractivity (Wildman–Crippen MR) is 388 cm³/mol. The number of halogens is 2. The number of benzene rings is 3. The van der Waals surface area contributed by atoms with Gasteiger partial charge >= 0.3 is 25.7 Å². The molecule has 98 heavy (non-hydrogen) atoms. The number of allylic oxidation sites excluding steroid dienone is 4. The fourth-order valence-electron chi connectivity index (χ4n) is 10.7. The van der Waals surface area contributed by atoms with Gasteiger partial charge < -0.3 is 49.1 Å². The number of ether oxygens (including phenoxy) is 3. The highest BCUT2D eigenvalue weighted by molar-refractivity contribution is 7.80. The largest absolute Gasteiger partial charge is 0.505 e. The quantitative estimate of drug-likeness (QED) is 0.00687. The van der Waals surface area contributed by atoms with Crippen molar-refractivity contribution in [1.82, 2.24) is 10.6 Å². The van der Waals surface area contributed by atoms with Crippen molar-refractivity contribution in [3.8, 4) is 28.2 Å². The van der Waals surface area contributed by atoms with Crippen LogP contribution in [0.25, 0.3) is 33.4 Å². The molecule has 2 atom stereocenters. The number of aromatic hydroxyl groups is 1. The second kappa shape index (κ2) is 56.3. The number of fused-ring (bicyclic) bond motifs is 2. The maximum atomic E-state index is 14.3. The summed E-state index contributed by atoms with van der Waals surface area (Å²) in [6.45, 7) is 6.95. The molecule has 2 unspecified atom stereocenters. The first kappa shape index (κ1) is 87.6. The molecule has 22 heteroatoms. The number of anilines is 1. The van der Waals surface area contributed by atoms with E-state index in [9.17, 15) is 47.3 Å². The van der Waals surface area contributed by atoms with Crippen molar-refractivity contribution in [2.75, 3.05) is 52.0 Å². The molecule has 0 bridgehead atoms. The lowest BCUT2D eigenvalue weighted by molar-refractivity contribution is -0.191. The van der Waals surface area contributed by atoms with Crippen LogP contribution in [0.15, 0.2) is 82.0 Å². The van der Waals surface area contributed by atoms with E-state index in [0.29, 0.717) is 79.1 Å². The van der Waals surface area contributed by atoms with E-state index in [2.05, 4.69) is 54.1 Å². The number of rotatable bonds is 53. The van der Waals surface area contributed by atoms with Crippen molar-refractivity contribution in [2.24, 2.45) is 0 Å². The van der Waals surface area contributed by atoms with Gasteiger partial charge in [-0.15, -0.1) is 0 Å². The second-order valence-electron chi connectivity index (χ2n) is 24.9. The van der Waals surface area contributed by atoms with Crippen LogP contribution in [0.4, 0.5) is 14.5 Å². The van der Waals surface area contributed by atoms with Gasteiger partial charge in [0.1, 0.15) is 23.7 Å². The Bertz CT molecular complexity index is 3040. The van der Waals surface area contributed by atoms with E-state index in [1.165, 1.54) is 96.3 Å². The zero-order valence-corrected chi connectivity index (χ0v) is 60.7. The topological polar surface area (TPSA) is 263 Å². The highest BCUT2D eigenvalue weighted by Gasteiger charge is 2.23. The minimum Gasteiger partial charge on any atom is -0.505 e. The summed E-state index contributed by atoms with van der Waals surface area (Å²) in [4.78, 5) is 86.2. The number of thiocarbonyl (C=S) groups is 1. The summed E-state index contributed by atoms with van der Waals surface area (Å²) in [5.74, 6) is -2.86. The molecule has 0 saturated heterocycles. The smallest absolute Gasteiger partial charge is 0.373 e. The Morgan fingerprint density at radius 3 is 1.66 bits per heavy atom. The van der Waals surface area contributed by atoms with Crippen LogP contribution in [-0.2, 0) is 52.1 Å². The van der Waals surface area contributed by atoms with Gasteiger partial charge in [0.05, 0.1) is 6.61 Å². The SMILES string of the molecule is CCCCCCCC/C=C\CCCCCCCC(=O)OCC(COP(C)(=O)O)OC(=O)CCCCCCC/C=C\CCCCCCCC.COCCCC(=O)CCCCC(=O)NCCCCCNC(=S)Nc1ccc(-c2c3cc(F)c(=O)cc-3oc3cc(O)c(F)cc23)cc1.O=C=O. The van der Waals surface area contributed by atoms with E-state index in [0.717, 1.165) is 134 Å². The van der Waals surface area contributed by atoms with Gasteiger partial charge in [-0.2, -0.15) is 9.59 Å². The number of hydrogen-bond donors (Lipinski definition) is 5. The number of unbranched alkanes of at least 4 members (excludes halogenated alkanes) is 25. The van der Waals surface area contributed by atoms with E-state index < -0.39 is 42.5 Å². The third kappa shape index (κ3) is 43.8. The van der Waals surface area contributed by atoms with Gasteiger partial charge in [-0.3, -0.25) is 28.5 Å². The number of Topliss-reactive ketones (excluding diaryl/α,β-unsaturated/α-hetero) is 1. The summed E-state index contributed by atoms with van der Waals surface area (Å²) < 4.78 is 66.7. The molecule has 2 aliphatic rings. The first-order valence-electron chi connectivity index (χ1n) is 36.0. The van der Waals surface area contributed by atoms with Crippen molar-refractivity contribution in [1.29, 1.82) is 0 Å². The lowest BCUT2D eigenvalue weighted by Crippen LogP contribution is -2.29. The Kier molecular flexibility index (Phi) is 50.3. The lowest BCUT2D eigenvalue weighted by atomic mass is 9.93. The molecule has 0 saturated carbocycles. The number of amides is 1. The molecule has 1 heterocycles. The zero-order valence-electron chi connectivity index (χ0n) is 59.0. The van der Waals surface area contributed by atoms with Gasteiger partial charge in [-0.05, 0) is 145 Å². The molecular weight excluding hydrogens is 1300 g/mol. The van der Waals surface area contributed by atoms with Crippen molar-refractivity contribution in [3.63, 3.8) is 0 Å². The summed E-state index contributed by atoms with van der Waals surface area (Å²) >= 11 is 5.41. The van der Waals surface area contributed by atoms with Crippen LogP contribution >= 0.6 is 19.8 Å².